The van der Waals surface area contributed by atoms with E-state index in [1.807, 2.05) is 24.3 Å². The highest BCUT2D eigenvalue weighted by molar-refractivity contribution is 6.31. The Morgan fingerprint density at radius 1 is 1.28 bits per heavy atom. The van der Waals surface area contributed by atoms with Gasteiger partial charge >= 0.3 is 0 Å². The fourth-order valence-electron chi connectivity index (χ4n) is 1.52. The third-order valence-electron chi connectivity index (χ3n) is 2.45. The van der Waals surface area contributed by atoms with Crippen molar-refractivity contribution in [2.75, 3.05) is 7.11 Å². The van der Waals surface area contributed by atoms with Crippen LogP contribution in [0.15, 0.2) is 30.6 Å². The number of aromatic nitrogens is 2. The summed E-state index contributed by atoms with van der Waals surface area (Å²) in [6.45, 7) is 2.08. The van der Waals surface area contributed by atoms with Crippen molar-refractivity contribution in [1.29, 1.82) is 0 Å². The zero-order chi connectivity index (χ0) is 13.0. The van der Waals surface area contributed by atoms with Gasteiger partial charge in [0.1, 0.15) is 12.1 Å². The van der Waals surface area contributed by atoms with Gasteiger partial charge in [0, 0.05) is 0 Å². The van der Waals surface area contributed by atoms with E-state index in [1.54, 1.807) is 0 Å². The fraction of sp³-hybridized carbons (Fsp3) is 0.231. The Labute approximate surface area is 111 Å². The molecule has 0 spiro atoms. The lowest BCUT2D eigenvalue weighted by Gasteiger charge is -2.10. The van der Waals surface area contributed by atoms with Crippen molar-refractivity contribution in [1.82, 2.24) is 9.97 Å². The van der Waals surface area contributed by atoms with E-state index in [2.05, 4.69) is 16.9 Å². The van der Waals surface area contributed by atoms with Crippen molar-refractivity contribution in [3.8, 4) is 17.4 Å². The third-order valence-corrected chi connectivity index (χ3v) is 2.72. The van der Waals surface area contributed by atoms with Crippen LogP contribution in [0, 0.1) is 0 Å². The van der Waals surface area contributed by atoms with Crippen molar-refractivity contribution in [2.24, 2.45) is 0 Å². The molecular formula is C13H13ClN2O2. The summed E-state index contributed by atoms with van der Waals surface area (Å²) in [5.41, 5.74) is 1.19. The molecule has 0 radical (unpaired) electrons. The van der Waals surface area contributed by atoms with Gasteiger partial charge in [0.15, 0.2) is 5.15 Å². The molecule has 0 saturated carbocycles. The summed E-state index contributed by atoms with van der Waals surface area (Å²) in [5.74, 6) is 1.34. The van der Waals surface area contributed by atoms with Gasteiger partial charge < -0.3 is 9.47 Å². The van der Waals surface area contributed by atoms with E-state index < -0.39 is 0 Å². The molecule has 2 aromatic rings. The molecule has 1 heterocycles. The molecule has 18 heavy (non-hydrogen) atoms. The van der Waals surface area contributed by atoms with Gasteiger partial charge in [-0.15, -0.1) is 0 Å². The molecule has 0 aliphatic rings. The summed E-state index contributed by atoms with van der Waals surface area (Å²) in [7, 11) is 1.50. The first kappa shape index (κ1) is 12.6. The zero-order valence-corrected chi connectivity index (χ0v) is 10.9. The largest absolute Gasteiger partial charge is 0.489 e. The molecule has 0 amide bonds. The number of aryl methyl sites for hydroxylation is 1. The van der Waals surface area contributed by atoms with Crippen molar-refractivity contribution in [3.63, 3.8) is 0 Å². The Kier molecular flexibility index (Phi) is 3.99. The van der Waals surface area contributed by atoms with Crippen LogP contribution in [0.25, 0.3) is 0 Å². The minimum atomic E-state index is 0.231. The number of hydrogen-bond donors (Lipinski definition) is 0. The Hall–Kier alpha value is -1.81. The average molecular weight is 265 g/mol. The van der Waals surface area contributed by atoms with Crippen LogP contribution in [0.2, 0.25) is 5.15 Å². The summed E-state index contributed by atoms with van der Waals surface area (Å²) in [5, 5.41) is 0.231. The highest BCUT2D eigenvalue weighted by Gasteiger charge is 2.12. The lowest BCUT2D eigenvalue weighted by molar-refractivity contribution is 0.367. The van der Waals surface area contributed by atoms with Gasteiger partial charge in [0.2, 0.25) is 5.75 Å². The summed E-state index contributed by atoms with van der Waals surface area (Å²) in [6.07, 6.45) is 2.28. The summed E-state index contributed by atoms with van der Waals surface area (Å²) >= 11 is 5.90. The molecule has 5 heteroatoms. The molecule has 94 valence electrons. The van der Waals surface area contributed by atoms with Crippen LogP contribution in [0.1, 0.15) is 12.5 Å². The lowest BCUT2D eigenvalue weighted by Crippen LogP contribution is -1.96. The smallest absolute Gasteiger partial charge is 0.267 e. The molecule has 1 aromatic heterocycles. The number of nitrogens with zero attached hydrogens (tertiary/aromatic N) is 2. The minimum Gasteiger partial charge on any atom is -0.489 e. The molecule has 0 aliphatic heterocycles. The lowest BCUT2D eigenvalue weighted by atomic mass is 10.2. The third kappa shape index (κ3) is 2.71. The van der Waals surface area contributed by atoms with Crippen molar-refractivity contribution in [3.05, 3.63) is 41.3 Å². The Morgan fingerprint density at radius 3 is 2.83 bits per heavy atom. The minimum absolute atomic E-state index is 0.231. The highest BCUT2D eigenvalue weighted by Crippen LogP contribution is 2.33. The Morgan fingerprint density at radius 2 is 2.11 bits per heavy atom. The quantitative estimate of drug-likeness (QED) is 0.793. The Bertz CT molecular complexity index is 546. The summed E-state index contributed by atoms with van der Waals surface area (Å²) < 4.78 is 10.8. The number of methoxy groups -OCH3 is 1. The number of hydrogen-bond acceptors (Lipinski definition) is 4. The second kappa shape index (κ2) is 5.69. The molecule has 2 rings (SSSR count). The van der Waals surface area contributed by atoms with E-state index in [-0.39, 0.29) is 5.15 Å². The van der Waals surface area contributed by atoms with E-state index in [1.165, 1.54) is 19.0 Å². The van der Waals surface area contributed by atoms with Crippen molar-refractivity contribution >= 4 is 11.6 Å². The van der Waals surface area contributed by atoms with Gasteiger partial charge in [0.25, 0.3) is 5.88 Å². The predicted octanol–water partition coefficient (Wildman–Crippen LogP) is 3.49. The summed E-state index contributed by atoms with van der Waals surface area (Å²) in [4.78, 5) is 7.85. The molecule has 4 nitrogen and oxygen atoms in total. The average Bonchev–Trinajstić information content (AvgIpc) is 2.39. The van der Waals surface area contributed by atoms with Crippen molar-refractivity contribution in [2.45, 2.75) is 13.3 Å². The number of ether oxygens (including phenoxy) is 2. The van der Waals surface area contributed by atoms with Crippen LogP contribution >= 0.6 is 11.6 Å². The van der Waals surface area contributed by atoms with Gasteiger partial charge in [-0.1, -0.05) is 30.7 Å². The van der Waals surface area contributed by atoms with Crippen LogP contribution in [0.5, 0.6) is 17.4 Å². The zero-order valence-electron chi connectivity index (χ0n) is 10.2. The molecule has 0 N–H and O–H groups in total. The van der Waals surface area contributed by atoms with Gasteiger partial charge in [-0.05, 0) is 24.1 Å². The SMILES string of the molecule is CCc1cccc(Oc2ncnc(Cl)c2OC)c1. The van der Waals surface area contributed by atoms with Crippen LogP contribution < -0.4 is 9.47 Å². The molecule has 1 aromatic carbocycles. The van der Waals surface area contributed by atoms with Gasteiger partial charge in [-0.2, -0.15) is 4.98 Å². The topological polar surface area (TPSA) is 44.2 Å². The first-order valence-corrected chi connectivity index (χ1v) is 5.93. The molecule has 0 atom stereocenters. The maximum atomic E-state index is 5.90. The maximum Gasteiger partial charge on any atom is 0.267 e. The van der Waals surface area contributed by atoms with Crippen LogP contribution in [-0.2, 0) is 6.42 Å². The van der Waals surface area contributed by atoms with Gasteiger partial charge in [0.05, 0.1) is 7.11 Å². The maximum absolute atomic E-state index is 5.90. The van der Waals surface area contributed by atoms with Gasteiger partial charge in [-0.25, -0.2) is 4.98 Å². The Balaban J connectivity index is 2.30. The standard InChI is InChI=1S/C13H13ClN2O2/c1-3-9-5-4-6-10(7-9)18-13-11(17-2)12(14)15-8-16-13/h4-8H,3H2,1-2H3. The first-order valence-electron chi connectivity index (χ1n) is 5.56. The van der Waals surface area contributed by atoms with E-state index >= 15 is 0 Å². The fourth-order valence-corrected chi connectivity index (χ4v) is 1.72. The van der Waals surface area contributed by atoms with E-state index in [0.29, 0.717) is 17.4 Å². The van der Waals surface area contributed by atoms with E-state index in [0.717, 1.165) is 6.42 Å². The molecule has 0 unspecified atom stereocenters. The van der Waals surface area contributed by atoms with Crippen LogP contribution in [-0.4, -0.2) is 17.1 Å². The molecule has 0 aliphatic carbocycles. The predicted molar refractivity (Wildman–Crippen MR) is 69.5 cm³/mol. The second-order valence-electron chi connectivity index (χ2n) is 3.61. The molecule has 0 saturated heterocycles. The summed E-state index contributed by atoms with van der Waals surface area (Å²) in [6, 6.07) is 7.78. The number of benzene rings is 1. The number of rotatable bonds is 4. The van der Waals surface area contributed by atoms with E-state index in [9.17, 15) is 0 Å². The second-order valence-corrected chi connectivity index (χ2v) is 3.96. The van der Waals surface area contributed by atoms with Gasteiger partial charge in [-0.3, -0.25) is 0 Å². The molecular weight excluding hydrogens is 252 g/mol. The molecule has 0 bridgehead atoms. The molecule has 0 fully saturated rings. The number of halogens is 1. The van der Waals surface area contributed by atoms with Crippen molar-refractivity contribution < 1.29 is 9.47 Å². The monoisotopic (exact) mass is 264 g/mol. The normalized spacial score (nSPS) is 10.2. The van der Waals surface area contributed by atoms with Crippen LogP contribution in [0.4, 0.5) is 0 Å². The highest BCUT2D eigenvalue weighted by atomic mass is 35.5. The van der Waals surface area contributed by atoms with E-state index in [4.69, 9.17) is 21.1 Å². The van der Waals surface area contributed by atoms with Crippen LogP contribution in [0.3, 0.4) is 0 Å². The first-order chi connectivity index (χ1) is 8.74.